The monoisotopic (exact) mass is 312 g/mol. The summed E-state index contributed by atoms with van der Waals surface area (Å²) in [6.07, 6.45) is 0.789. The van der Waals surface area contributed by atoms with E-state index in [-0.39, 0.29) is 12.7 Å². The molecule has 2 aromatic rings. The Bertz CT molecular complexity index is 730. The molecular weight excluding hydrogens is 296 g/mol. The van der Waals surface area contributed by atoms with Crippen molar-refractivity contribution in [1.29, 1.82) is 0 Å². The van der Waals surface area contributed by atoms with Crippen LogP contribution in [0.2, 0.25) is 0 Å². The normalized spacial score (nSPS) is 16.5. The van der Waals surface area contributed by atoms with Crippen LogP contribution in [0.4, 0.5) is 0 Å². The van der Waals surface area contributed by atoms with Crippen LogP contribution in [-0.4, -0.2) is 26.0 Å². The Morgan fingerprint density at radius 3 is 2.91 bits per heavy atom. The SMILES string of the molecule is COc1ccccc1C=NNC(=O)C1OCOc2ccccc21. The molecule has 3 rings (SSSR count). The minimum Gasteiger partial charge on any atom is -0.496 e. The number of ether oxygens (including phenoxy) is 3. The molecule has 1 heterocycles. The highest BCUT2D eigenvalue weighted by Crippen LogP contribution is 2.31. The van der Waals surface area contributed by atoms with Gasteiger partial charge in [-0.1, -0.05) is 30.3 Å². The summed E-state index contributed by atoms with van der Waals surface area (Å²) in [5, 5.41) is 3.97. The van der Waals surface area contributed by atoms with Crippen LogP contribution in [0, 0.1) is 0 Å². The first-order valence-corrected chi connectivity index (χ1v) is 7.09. The number of fused-ring (bicyclic) bond motifs is 1. The van der Waals surface area contributed by atoms with Crippen molar-refractivity contribution >= 4 is 12.1 Å². The highest BCUT2D eigenvalue weighted by molar-refractivity contribution is 5.87. The van der Waals surface area contributed by atoms with Crippen molar-refractivity contribution in [3.05, 3.63) is 59.7 Å². The van der Waals surface area contributed by atoms with Crippen LogP contribution in [0.3, 0.4) is 0 Å². The summed E-state index contributed by atoms with van der Waals surface area (Å²) in [6, 6.07) is 14.7. The molecule has 0 radical (unpaired) electrons. The number of rotatable bonds is 4. The molecule has 1 aliphatic heterocycles. The van der Waals surface area contributed by atoms with E-state index >= 15 is 0 Å². The lowest BCUT2D eigenvalue weighted by molar-refractivity contribution is -0.142. The average molecular weight is 312 g/mol. The number of benzene rings is 2. The van der Waals surface area contributed by atoms with Crippen LogP contribution < -0.4 is 14.9 Å². The van der Waals surface area contributed by atoms with Gasteiger partial charge < -0.3 is 14.2 Å². The molecule has 1 amide bonds. The summed E-state index contributed by atoms with van der Waals surface area (Å²) in [7, 11) is 1.58. The minimum absolute atomic E-state index is 0.0331. The van der Waals surface area contributed by atoms with Gasteiger partial charge >= 0.3 is 0 Å². The number of carbonyl (C=O) groups excluding carboxylic acids is 1. The topological polar surface area (TPSA) is 69.2 Å². The van der Waals surface area contributed by atoms with Crippen LogP contribution in [0.15, 0.2) is 53.6 Å². The van der Waals surface area contributed by atoms with E-state index in [1.165, 1.54) is 6.21 Å². The number of hydrazone groups is 1. The second kappa shape index (κ2) is 6.93. The largest absolute Gasteiger partial charge is 0.496 e. The number of nitrogens with one attached hydrogen (secondary N) is 1. The quantitative estimate of drug-likeness (QED) is 0.694. The molecule has 0 saturated carbocycles. The van der Waals surface area contributed by atoms with Crippen molar-refractivity contribution in [2.24, 2.45) is 5.10 Å². The van der Waals surface area contributed by atoms with Crippen molar-refractivity contribution in [2.75, 3.05) is 13.9 Å². The van der Waals surface area contributed by atoms with E-state index in [9.17, 15) is 4.79 Å². The maximum Gasteiger partial charge on any atom is 0.274 e. The molecule has 6 heteroatoms. The fraction of sp³-hybridized carbons (Fsp3) is 0.176. The Morgan fingerprint density at radius 1 is 1.26 bits per heavy atom. The van der Waals surface area contributed by atoms with E-state index in [0.717, 1.165) is 5.56 Å². The Morgan fingerprint density at radius 2 is 2.04 bits per heavy atom. The summed E-state index contributed by atoms with van der Waals surface area (Å²) in [6.45, 7) is 0.0331. The van der Waals surface area contributed by atoms with Crippen molar-refractivity contribution in [2.45, 2.75) is 6.10 Å². The minimum atomic E-state index is -0.741. The first-order valence-electron chi connectivity index (χ1n) is 7.09. The second-order valence-corrected chi connectivity index (χ2v) is 4.82. The molecule has 0 fully saturated rings. The molecule has 0 saturated heterocycles. The smallest absolute Gasteiger partial charge is 0.274 e. The summed E-state index contributed by atoms with van der Waals surface area (Å²) in [4.78, 5) is 12.3. The molecule has 0 aromatic heterocycles. The van der Waals surface area contributed by atoms with Crippen LogP contribution in [0.25, 0.3) is 0 Å². The Balaban J connectivity index is 1.70. The lowest BCUT2D eigenvalue weighted by atomic mass is 10.1. The third kappa shape index (κ3) is 3.32. The van der Waals surface area contributed by atoms with E-state index in [0.29, 0.717) is 17.1 Å². The first-order chi connectivity index (χ1) is 11.3. The molecule has 23 heavy (non-hydrogen) atoms. The zero-order valence-electron chi connectivity index (χ0n) is 12.6. The standard InChI is InChI=1S/C17H16N2O4/c1-21-14-8-4-2-6-12(14)10-18-19-17(20)16-13-7-3-5-9-15(13)22-11-23-16/h2-10,16H,11H2,1H3,(H,19,20). The van der Waals surface area contributed by atoms with Gasteiger partial charge in [0.2, 0.25) is 0 Å². The molecule has 0 aliphatic carbocycles. The van der Waals surface area contributed by atoms with Crippen LogP contribution in [0.5, 0.6) is 11.5 Å². The fourth-order valence-electron chi connectivity index (χ4n) is 2.30. The van der Waals surface area contributed by atoms with Gasteiger partial charge in [0.15, 0.2) is 12.9 Å². The van der Waals surface area contributed by atoms with Gasteiger partial charge in [-0.3, -0.25) is 4.79 Å². The summed E-state index contributed by atoms with van der Waals surface area (Å²) < 4.78 is 16.0. The number of nitrogens with zero attached hydrogens (tertiary/aromatic N) is 1. The summed E-state index contributed by atoms with van der Waals surface area (Å²) in [5.41, 5.74) is 3.94. The third-order valence-corrected chi connectivity index (χ3v) is 3.41. The summed E-state index contributed by atoms with van der Waals surface area (Å²) >= 11 is 0. The Hall–Kier alpha value is -2.86. The van der Waals surface area contributed by atoms with Crippen molar-refractivity contribution in [3.63, 3.8) is 0 Å². The Labute approximate surface area is 133 Å². The third-order valence-electron chi connectivity index (χ3n) is 3.41. The van der Waals surface area contributed by atoms with Gasteiger partial charge in [-0.2, -0.15) is 5.10 Å². The van der Waals surface area contributed by atoms with Crippen LogP contribution >= 0.6 is 0 Å². The zero-order chi connectivity index (χ0) is 16.1. The van der Waals surface area contributed by atoms with Gasteiger partial charge in [0.05, 0.1) is 13.3 Å². The van der Waals surface area contributed by atoms with Crippen LogP contribution in [-0.2, 0) is 9.53 Å². The van der Waals surface area contributed by atoms with Gasteiger partial charge in [-0.15, -0.1) is 0 Å². The van der Waals surface area contributed by atoms with Crippen LogP contribution in [0.1, 0.15) is 17.2 Å². The lowest BCUT2D eigenvalue weighted by Crippen LogP contribution is -2.31. The number of para-hydroxylation sites is 2. The molecule has 1 aliphatic rings. The van der Waals surface area contributed by atoms with E-state index in [4.69, 9.17) is 14.2 Å². The molecule has 118 valence electrons. The number of carbonyl (C=O) groups is 1. The lowest BCUT2D eigenvalue weighted by Gasteiger charge is -2.24. The van der Waals surface area contributed by atoms with Crippen molar-refractivity contribution in [1.82, 2.24) is 5.43 Å². The molecule has 2 aromatic carbocycles. The highest BCUT2D eigenvalue weighted by atomic mass is 16.7. The van der Waals surface area contributed by atoms with Crippen molar-refractivity contribution < 1.29 is 19.0 Å². The Kier molecular flexibility index (Phi) is 4.54. The predicted octanol–water partition coefficient (Wildman–Crippen LogP) is 2.25. The molecule has 1 atom stereocenters. The zero-order valence-corrected chi connectivity index (χ0v) is 12.6. The predicted molar refractivity (Wildman–Crippen MR) is 84.5 cm³/mol. The van der Waals surface area contributed by atoms with Crippen molar-refractivity contribution in [3.8, 4) is 11.5 Å². The van der Waals surface area contributed by atoms with Gasteiger partial charge in [-0.05, 0) is 18.2 Å². The van der Waals surface area contributed by atoms with E-state index in [1.807, 2.05) is 36.4 Å². The average Bonchev–Trinajstić information content (AvgIpc) is 2.61. The molecule has 1 N–H and O–H groups in total. The maximum absolute atomic E-state index is 12.3. The highest BCUT2D eigenvalue weighted by Gasteiger charge is 2.28. The maximum atomic E-state index is 12.3. The van der Waals surface area contributed by atoms with E-state index in [2.05, 4.69) is 10.5 Å². The second-order valence-electron chi connectivity index (χ2n) is 4.82. The van der Waals surface area contributed by atoms with E-state index in [1.54, 1.807) is 19.2 Å². The van der Waals surface area contributed by atoms with E-state index < -0.39 is 6.10 Å². The van der Waals surface area contributed by atoms with Gasteiger partial charge in [0.25, 0.3) is 5.91 Å². The molecule has 1 unspecified atom stereocenters. The first kappa shape index (κ1) is 15.1. The van der Waals surface area contributed by atoms with Gasteiger partial charge in [0, 0.05) is 11.1 Å². The van der Waals surface area contributed by atoms with Gasteiger partial charge in [0.1, 0.15) is 11.5 Å². The molecular formula is C17H16N2O4. The number of hydrogen-bond donors (Lipinski definition) is 1. The number of hydrogen-bond acceptors (Lipinski definition) is 5. The van der Waals surface area contributed by atoms with Gasteiger partial charge in [-0.25, -0.2) is 5.43 Å². The molecule has 0 spiro atoms. The number of amides is 1. The molecule has 0 bridgehead atoms. The molecule has 6 nitrogen and oxygen atoms in total. The fourth-order valence-corrected chi connectivity index (χ4v) is 2.30. The number of methoxy groups -OCH3 is 1. The summed E-state index contributed by atoms with van der Waals surface area (Å²) in [5.74, 6) is 0.970.